The van der Waals surface area contributed by atoms with E-state index in [1.54, 1.807) is 18.7 Å². The summed E-state index contributed by atoms with van der Waals surface area (Å²) in [6, 6.07) is 3.19. The molecule has 1 fully saturated rings. The van der Waals surface area contributed by atoms with E-state index in [0.717, 1.165) is 37.8 Å². The zero-order valence-electron chi connectivity index (χ0n) is 13.6. The highest BCUT2D eigenvalue weighted by atomic mass is 35.5. The molecule has 0 radical (unpaired) electrons. The Morgan fingerprint density at radius 2 is 1.91 bits per heavy atom. The maximum absolute atomic E-state index is 13.9. The van der Waals surface area contributed by atoms with Gasteiger partial charge in [0.1, 0.15) is 11.6 Å². The molecule has 1 aliphatic rings. The van der Waals surface area contributed by atoms with Gasteiger partial charge in [0.15, 0.2) is 0 Å². The van der Waals surface area contributed by atoms with Gasteiger partial charge in [-0.15, -0.1) is 12.4 Å². The van der Waals surface area contributed by atoms with Crippen LogP contribution in [0.4, 0.5) is 8.78 Å². The Kier molecular flexibility index (Phi) is 7.42. The van der Waals surface area contributed by atoms with Crippen LogP contribution in [-0.4, -0.2) is 22.9 Å². The fourth-order valence-electron chi connectivity index (χ4n) is 2.94. The number of carbonyl (C=O) groups is 1. The standard InChI is InChI=1S/C17H24F2N2O.ClH/c1-11(12(2)20)17(22)21(15-5-3-4-6-15)10-13-9-14(18)7-8-16(13)19;/h7-9,11-12,15H,3-6,10,20H2,1-2H3;1H. The van der Waals surface area contributed by atoms with Gasteiger partial charge in [-0.25, -0.2) is 8.78 Å². The SMILES string of the molecule is CC(N)C(C)C(=O)N(Cc1cc(F)ccc1F)C1CCCC1.Cl. The fraction of sp³-hybridized carbons (Fsp3) is 0.588. The van der Waals surface area contributed by atoms with Crippen molar-refractivity contribution in [2.75, 3.05) is 0 Å². The van der Waals surface area contributed by atoms with Crippen LogP contribution in [0.25, 0.3) is 0 Å². The second-order valence-electron chi connectivity index (χ2n) is 6.29. The molecule has 1 aliphatic carbocycles. The number of hydrogen-bond acceptors (Lipinski definition) is 2. The maximum atomic E-state index is 13.9. The summed E-state index contributed by atoms with van der Waals surface area (Å²) in [5, 5.41) is 0. The molecule has 3 nitrogen and oxygen atoms in total. The molecule has 1 amide bonds. The van der Waals surface area contributed by atoms with Crippen LogP contribution in [0.5, 0.6) is 0 Å². The van der Waals surface area contributed by atoms with Crippen LogP contribution in [0.3, 0.4) is 0 Å². The van der Waals surface area contributed by atoms with Crippen molar-refractivity contribution >= 4 is 18.3 Å². The maximum Gasteiger partial charge on any atom is 0.227 e. The lowest BCUT2D eigenvalue weighted by Crippen LogP contribution is -2.45. The third-order valence-corrected chi connectivity index (χ3v) is 4.58. The summed E-state index contributed by atoms with van der Waals surface area (Å²) in [6.07, 6.45) is 3.95. The summed E-state index contributed by atoms with van der Waals surface area (Å²) in [5.74, 6) is -1.39. The second kappa shape index (κ2) is 8.60. The Bertz CT molecular complexity index is 533. The van der Waals surface area contributed by atoms with Crippen molar-refractivity contribution in [1.29, 1.82) is 0 Å². The van der Waals surface area contributed by atoms with Crippen LogP contribution >= 0.6 is 12.4 Å². The van der Waals surface area contributed by atoms with Crippen LogP contribution in [0, 0.1) is 17.6 Å². The molecule has 23 heavy (non-hydrogen) atoms. The molecule has 1 aromatic carbocycles. The van der Waals surface area contributed by atoms with E-state index in [9.17, 15) is 13.6 Å². The Morgan fingerprint density at radius 3 is 2.48 bits per heavy atom. The summed E-state index contributed by atoms with van der Waals surface area (Å²) in [5.41, 5.74) is 6.06. The number of halogens is 3. The molecule has 0 aliphatic heterocycles. The number of rotatable bonds is 5. The largest absolute Gasteiger partial charge is 0.335 e. The molecule has 0 saturated heterocycles. The van der Waals surface area contributed by atoms with Gasteiger partial charge in [-0.3, -0.25) is 4.79 Å². The molecule has 130 valence electrons. The number of amides is 1. The molecule has 2 rings (SSSR count). The van der Waals surface area contributed by atoms with Crippen molar-refractivity contribution in [2.45, 2.75) is 58.2 Å². The summed E-state index contributed by atoms with van der Waals surface area (Å²) >= 11 is 0. The van der Waals surface area contributed by atoms with Crippen molar-refractivity contribution in [1.82, 2.24) is 4.90 Å². The van der Waals surface area contributed by atoms with E-state index in [1.165, 1.54) is 6.07 Å². The van der Waals surface area contributed by atoms with Crippen molar-refractivity contribution in [2.24, 2.45) is 11.7 Å². The highest BCUT2D eigenvalue weighted by Crippen LogP contribution is 2.27. The van der Waals surface area contributed by atoms with Crippen LogP contribution in [0.15, 0.2) is 18.2 Å². The lowest BCUT2D eigenvalue weighted by Gasteiger charge is -2.32. The highest BCUT2D eigenvalue weighted by Gasteiger charge is 2.31. The van der Waals surface area contributed by atoms with Crippen molar-refractivity contribution in [3.63, 3.8) is 0 Å². The van der Waals surface area contributed by atoms with Gasteiger partial charge >= 0.3 is 0 Å². The first-order valence-electron chi connectivity index (χ1n) is 7.90. The van der Waals surface area contributed by atoms with Gasteiger partial charge in [-0.05, 0) is 38.0 Å². The van der Waals surface area contributed by atoms with Gasteiger partial charge < -0.3 is 10.6 Å². The van der Waals surface area contributed by atoms with E-state index >= 15 is 0 Å². The summed E-state index contributed by atoms with van der Waals surface area (Å²) in [7, 11) is 0. The monoisotopic (exact) mass is 346 g/mol. The van der Waals surface area contributed by atoms with E-state index in [-0.39, 0.29) is 48.4 Å². The van der Waals surface area contributed by atoms with Crippen LogP contribution in [0.1, 0.15) is 45.1 Å². The molecule has 0 bridgehead atoms. The molecule has 2 unspecified atom stereocenters. The number of hydrogen-bond donors (Lipinski definition) is 1. The normalized spacial score (nSPS) is 17.4. The van der Waals surface area contributed by atoms with Gasteiger partial charge in [0.25, 0.3) is 0 Å². The summed E-state index contributed by atoms with van der Waals surface area (Å²) < 4.78 is 27.3. The average Bonchev–Trinajstić information content (AvgIpc) is 3.00. The van der Waals surface area contributed by atoms with E-state index in [2.05, 4.69) is 0 Å². The average molecular weight is 347 g/mol. The van der Waals surface area contributed by atoms with Gasteiger partial charge in [-0.1, -0.05) is 19.8 Å². The first-order chi connectivity index (χ1) is 10.4. The highest BCUT2D eigenvalue weighted by molar-refractivity contribution is 5.85. The molecule has 2 atom stereocenters. The van der Waals surface area contributed by atoms with Crippen LogP contribution in [0.2, 0.25) is 0 Å². The molecule has 1 saturated carbocycles. The van der Waals surface area contributed by atoms with E-state index < -0.39 is 11.6 Å². The Hall–Kier alpha value is -1.20. The first-order valence-corrected chi connectivity index (χ1v) is 7.90. The van der Waals surface area contributed by atoms with Gasteiger partial charge in [-0.2, -0.15) is 0 Å². The molecule has 1 aromatic rings. The molecule has 0 spiro atoms. The van der Waals surface area contributed by atoms with Crippen molar-refractivity contribution < 1.29 is 13.6 Å². The minimum absolute atomic E-state index is 0. The zero-order valence-corrected chi connectivity index (χ0v) is 14.4. The first kappa shape index (κ1) is 19.8. The van der Waals surface area contributed by atoms with Crippen LogP contribution < -0.4 is 5.73 Å². The zero-order chi connectivity index (χ0) is 16.3. The quantitative estimate of drug-likeness (QED) is 0.884. The Balaban J connectivity index is 0.00000264. The molecule has 0 heterocycles. The molecular weight excluding hydrogens is 322 g/mol. The van der Waals surface area contributed by atoms with Crippen LogP contribution in [-0.2, 0) is 11.3 Å². The molecule has 6 heteroatoms. The molecule has 2 N–H and O–H groups in total. The Morgan fingerprint density at radius 1 is 1.30 bits per heavy atom. The predicted octanol–water partition coefficient (Wildman–Crippen LogP) is 3.64. The lowest BCUT2D eigenvalue weighted by atomic mass is 10.0. The minimum Gasteiger partial charge on any atom is -0.335 e. The predicted molar refractivity (Wildman–Crippen MR) is 89.2 cm³/mol. The van der Waals surface area contributed by atoms with E-state index in [1.807, 2.05) is 0 Å². The van der Waals surface area contributed by atoms with Crippen molar-refractivity contribution in [3.05, 3.63) is 35.4 Å². The number of nitrogens with zero attached hydrogens (tertiary/aromatic N) is 1. The number of benzene rings is 1. The fourth-order valence-corrected chi connectivity index (χ4v) is 2.94. The van der Waals surface area contributed by atoms with Gasteiger partial charge in [0.2, 0.25) is 5.91 Å². The van der Waals surface area contributed by atoms with E-state index in [4.69, 9.17) is 5.73 Å². The smallest absolute Gasteiger partial charge is 0.227 e. The third-order valence-electron chi connectivity index (χ3n) is 4.58. The third kappa shape index (κ3) is 4.88. The number of nitrogens with two attached hydrogens (primary N) is 1. The Labute approximate surface area is 142 Å². The molecule has 0 aromatic heterocycles. The number of carbonyl (C=O) groups excluding carboxylic acids is 1. The van der Waals surface area contributed by atoms with E-state index in [0.29, 0.717) is 0 Å². The second-order valence-corrected chi connectivity index (χ2v) is 6.29. The molecular formula is C17H25ClF2N2O. The summed E-state index contributed by atoms with van der Waals surface area (Å²) in [4.78, 5) is 14.4. The van der Waals surface area contributed by atoms with Crippen molar-refractivity contribution in [3.8, 4) is 0 Å². The van der Waals surface area contributed by atoms with Gasteiger partial charge in [0.05, 0.1) is 5.92 Å². The topological polar surface area (TPSA) is 46.3 Å². The lowest BCUT2D eigenvalue weighted by molar-refractivity contribution is -0.138. The van der Waals surface area contributed by atoms with Gasteiger partial charge in [0, 0.05) is 24.2 Å². The minimum atomic E-state index is -0.490. The summed E-state index contributed by atoms with van der Waals surface area (Å²) in [6.45, 7) is 3.68.